The molecule has 0 heterocycles. The van der Waals surface area contributed by atoms with Crippen LogP contribution in [-0.4, -0.2) is 39.4 Å². The zero-order chi connectivity index (χ0) is 25.3. The van der Waals surface area contributed by atoms with Gasteiger partial charge in [0.25, 0.3) is 0 Å². The monoisotopic (exact) mass is 472 g/mol. The van der Waals surface area contributed by atoms with E-state index in [1.807, 2.05) is 0 Å². The lowest BCUT2D eigenvalue weighted by molar-refractivity contribution is -0.138. The highest BCUT2D eigenvalue weighted by atomic mass is 16.4. The molecule has 0 aliphatic heterocycles. The number of rotatable bonds is 6. The molecular weight excluding hydrogens is 424 g/mol. The first-order valence-corrected chi connectivity index (χ1v) is 13.6. The Morgan fingerprint density at radius 3 is 2.41 bits per heavy atom. The van der Waals surface area contributed by atoms with Gasteiger partial charge in [0, 0.05) is 11.8 Å². The van der Waals surface area contributed by atoms with Gasteiger partial charge in [0.05, 0.1) is 12.7 Å². The first kappa shape index (κ1) is 26.1. The van der Waals surface area contributed by atoms with Crippen LogP contribution in [0.15, 0.2) is 23.3 Å². The number of aliphatic hydroxyl groups is 3. The van der Waals surface area contributed by atoms with Gasteiger partial charge in [-0.25, -0.2) is 0 Å². The summed E-state index contributed by atoms with van der Waals surface area (Å²) in [5, 5.41) is 30.0. The van der Waals surface area contributed by atoms with Crippen molar-refractivity contribution in [2.45, 2.75) is 112 Å². The van der Waals surface area contributed by atoms with E-state index in [0.29, 0.717) is 36.4 Å². The number of hydrogen-bond acceptors (Lipinski definition) is 4. The fourth-order valence-electron chi connectivity index (χ4n) is 8.80. The molecule has 4 aliphatic rings. The average molecular weight is 473 g/mol. The zero-order valence-electron chi connectivity index (χ0n) is 22.6. The fraction of sp³-hybridized carbons (Fsp3) is 0.833. The highest BCUT2D eigenvalue weighted by Crippen LogP contribution is 2.71. The lowest BCUT2D eigenvalue weighted by atomic mass is 9.44. The largest absolute Gasteiger partial charge is 0.393 e. The Bertz CT molecular complexity index is 897. The Balaban J connectivity index is 1.60. The molecule has 4 aliphatic carbocycles. The molecule has 0 radical (unpaired) electrons. The van der Waals surface area contributed by atoms with Crippen LogP contribution in [0.4, 0.5) is 0 Å². The molecule has 0 aromatic heterocycles. The second-order valence-corrected chi connectivity index (χ2v) is 13.8. The van der Waals surface area contributed by atoms with E-state index >= 15 is 0 Å². The molecule has 0 aromatic carbocycles. The van der Waals surface area contributed by atoms with Crippen molar-refractivity contribution >= 4 is 5.78 Å². The molecule has 1 unspecified atom stereocenters. The molecule has 4 nitrogen and oxygen atoms in total. The van der Waals surface area contributed by atoms with Crippen molar-refractivity contribution in [1.29, 1.82) is 0 Å². The molecule has 0 bridgehead atoms. The van der Waals surface area contributed by atoms with Crippen molar-refractivity contribution < 1.29 is 20.1 Å². The van der Waals surface area contributed by atoms with Crippen LogP contribution in [0, 0.1) is 39.4 Å². The molecule has 4 rings (SSSR count). The molecule has 3 N–H and O–H groups in total. The minimum Gasteiger partial charge on any atom is -0.393 e. The Labute approximate surface area is 206 Å². The number of aliphatic hydroxyl groups excluding tert-OH is 2. The molecule has 4 heteroatoms. The summed E-state index contributed by atoms with van der Waals surface area (Å²) in [5.41, 5.74) is 1.76. The van der Waals surface area contributed by atoms with Gasteiger partial charge in [-0.2, -0.15) is 0 Å². The van der Waals surface area contributed by atoms with Crippen LogP contribution in [0.3, 0.4) is 0 Å². The second-order valence-electron chi connectivity index (χ2n) is 13.8. The van der Waals surface area contributed by atoms with Crippen molar-refractivity contribution in [3.8, 4) is 0 Å². The van der Waals surface area contributed by atoms with Gasteiger partial charge >= 0.3 is 0 Å². The van der Waals surface area contributed by atoms with Gasteiger partial charge in [-0.1, -0.05) is 53.7 Å². The van der Waals surface area contributed by atoms with E-state index in [1.54, 1.807) is 5.57 Å². The standard InChI is InChI=1S/C30H48O4/c1-19(8-11-25(33)30(7,34)18-31)20-12-16-29(6)22-9-10-23-26(2,3)24(32)14-15-27(23,4)21(22)13-17-28(20,29)5/h9,13,19-20,23,25,31,33-34H,8,10-12,14-18H2,1-7H3/t19-,20-,23+,25+,27-,28-,29+,30?/m1/s1. The predicted molar refractivity (Wildman–Crippen MR) is 136 cm³/mol. The molecule has 2 fully saturated rings. The Morgan fingerprint density at radius 1 is 1.09 bits per heavy atom. The van der Waals surface area contributed by atoms with Gasteiger partial charge in [0.2, 0.25) is 0 Å². The molecule has 0 amide bonds. The van der Waals surface area contributed by atoms with E-state index in [-0.39, 0.29) is 21.7 Å². The maximum absolute atomic E-state index is 12.8. The maximum Gasteiger partial charge on any atom is 0.138 e. The smallest absolute Gasteiger partial charge is 0.138 e. The van der Waals surface area contributed by atoms with Crippen LogP contribution < -0.4 is 0 Å². The Hall–Kier alpha value is -0.970. The van der Waals surface area contributed by atoms with Crippen LogP contribution in [0.1, 0.15) is 99.8 Å². The van der Waals surface area contributed by atoms with E-state index in [4.69, 9.17) is 0 Å². The van der Waals surface area contributed by atoms with E-state index in [1.165, 1.54) is 25.3 Å². The number of carbonyl (C=O) groups excluding carboxylic acids is 1. The van der Waals surface area contributed by atoms with Crippen LogP contribution in [0.25, 0.3) is 0 Å². The number of fused-ring (bicyclic) bond motifs is 5. The summed E-state index contributed by atoms with van der Waals surface area (Å²) in [4.78, 5) is 12.8. The minimum absolute atomic E-state index is 0.0789. The maximum atomic E-state index is 12.8. The molecule has 0 saturated heterocycles. The van der Waals surface area contributed by atoms with Crippen molar-refractivity contribution in [3.05, 3.63) is 23.3 Å². The SMILES string of the molecule is C[C@H](CC[C@H](O)C(C)(O)CO)[C@H]1CC[C@@]2(C)C3=CC[C@H]4C(C)(C)C(=O)CC[C@]4(C)C3=CC[C@]12C. The van der Waals surface area contributed by atoms with Gasteiger partial charge in [-0.05, 0) is 97.0 Å². The van der Waals surface area contributed by atoms with Gasteiger partial charge in [-0.15, -0.1) is 0 Å². The zero-order valence-corrected chi connectivity index (χ0v) is 22.6. The lowest BCUT2D eigenvalue weighted by Crippen LogP contribution is -2.53. The third-order valence-electron chi connectivity index (χ3n) is 11.7. The molecule has 0 spiro atoms. The summed E-state index contributed by atoms with van der Waals surface area (Å²) in [6.45, 7) is 15.1. The Kier molecular flexibility index (Phi) is 6.36. The van der Waals surface area contributed by atoms with Crippen LogP contribution in [-0.2, 0) is 4.79 Å². The average Bonchev–Trinajstić information content (AvgIpc) is 3.06. The first-order chi connectivity index (χ1) is 15.6. The molecule has 192 valence electrons. The van der Waals surface area contributed by atoms with Crippen molar-refractivity contribution in [3.63, 3.8) is 0 Å². The first-order valence-electron chi connectivity index (χ1n) is 13.6. The molecule has 34 heavy (non-hydrogen) atoms. The number of Topliss-reactive ketones (excluding diaryl/α,β-unsaturated/α-hetero) is 1. The van der Waals surface area contributed by atoms with Crippen LogP contribution in [0.2, 0.25) is 0 Å². The van der Waals surface area contributed by atoms with E-state index < -0.39 is 18.3 Å². The minimum atomic E-state index is -1.44. The van der Waals surface area contributed by atoms with Gasteiger partial charge in [0.15, 0.2) is 0 Å². The number of carbonyl (C=O) groups is 1. The third-order valence-corrected chi connectivity index (χ3v) is 11.7. The fourth-order valence-corrected chi connectivity index (χ4v) is 8.80. The molecular formula is C30H48O4. The van der Waals surface area contributed by atoms with Gasteiger partial charge in [-0.3, -0.25) is 4.79 Å². The number of allylic oxidation sites excluding steroid dienone is 4. The van der Waals surface area contributed by atoms with Crippen molar-refractivity contribution in [1.82, 2.24) is 0 Å². The highest BCUT2D eigenvalue weighted by molar-refractivity contribution is 5.86. The summed E-state index contributed by atoms with van der Waals surface area (Å²) < 4.78 is 0. The quantitative estimate of drug-likeness (QED) is 0.470. The summed E-state index contributed by atoms with van der Waals surface area (Å²) in [7, 11) is 0. The molecule has 0 aromatic rings. The normalized spacial score (nSPS) is 42.5. The summed E-state index contributed by atoms with van der Waals surface area (Å²) in [5.74, 6) is 1.79. The van der Waals surface area contributed by atoms with Crippen molar-refractivity contribution in [2.75, 3.05) is 6.61 Å². The number of ketones is 1. The molecule has 8 atom stereocenters. The topological polar surface area (TPSA) is 77.8 Å². The van der Waals surface area contributed by atoms with Crippen LogP contribution in [0.5, 0.6) is 0 Å². The summed E-state index contributed by atoms with van der Waals surface area (Å²) in [6, 6.07) is 0. The Morgan fingerprint density at radius 2 is 1.76 bits per heavy atom. The van der Waals surface area contributed by atoms with E-state index in [0.717, 1.165) is 25.7 Å². The van der Waals surface area contributed by atoms with Crippen LogP contribution >= 0.6 is 0 Å². The van der Waals surface area contributed by atoms with Gasteiger partial charge in [0.1, 0.15) is 11.4 Å². The third kappa shape index (κ3) is 3.53. The summed E-state index contributed by atoms with van der Waals surface area (Å²) in [6.07, 6.45) is 11.6. The van der Waals surface area contributed by atoms with Gasteiger partial charge < -0.3 is 15.3 Å². The van der Waals surface area contributed by atoms with E-state index in [2.05, 4.69) is 53.7 Å². The number of hydrogen-bond donors (Lipinski definition) is 3. The predicted octanol–water partition coefficient (Wildman–Crippen LogP) is 5.60. The second kappa shape index (κ2) is 8.28. The molecule has 2 saturated carbocycles. The lowest BCUT2D eigenvalue weighted by Gasteiger charge is -2.59. The summed E-state index contributed by atoms with van der Waals surface area (Å²) >= 11 is 0. The highest BCUT2D eigenvalue weighted by Gasteiger charge is 2.63. The van der Waals surface area contributed by atoms with E-state index in [9.17, 15) is 20.1 Å². The van der Waals surface area contributed by atoms with Crippen molar-refractivity contribution in [2.24, 2.45) is 39.4 Å².